The Labute approximate surface area is 174 Å². The molecule has 0 unspecified atom stereocenters. The van der Waals surface area contributed by atoms with E-state index in [9.17, 15) is 13.2 Å². The van der Waals surface area contributed by atoms with Crippen molar-refractivity contribution >= 4 is 27.6 Å². The van der Waals surface area contributed by atoms with Crippen LogP contribution in [0.1, 0.15) is 21.5 Å². The van der Waals surface area contributed by atoms with E-state index in [1.807, 2.05) is 22.7 Å². The number of benzene rings is 2. The molecule has 30 heavy (non-hydrogen) atoms. The molecular formula is C19H21N5O5S. The SMILES string of the molecule is COC(=O)c1cc(Cn2cncn2)cc(N(C)Cc2ccc(NS(=O)(=O)O)cc2)c1. The number of hydrogen-bond acceptors (Lipinski definition) is 7. The Morgan fingerprint density at radius 2 is 1.93 bits per heavy atom. The maximum Gasteiger partial charge on any atom is 0.357 e. The van der Waals surface area contributed by atoms with Crippen molar-refractivity contribution in [2.24, 2.45) is 0 Å². The van der Waals surface area contributed by atoms with Gasteiger partial charge < -0.3 is 9.64 Å². The first-order valence-electron chi connectivity index (χ1n) is 8.83. The highest BCUT2D eigenvalue weighted by molar-refractivity contribution is 7.87. The van der Waals surface area contributed by atoms with Crippen LogP contribution in [0.4, 0.5) is 11.4 Å². The number of nitrogens with one attached hydrogen (secondary N) is 1. The van der Waals surface area contributed by atoms with Gasteiger partial charge in [0.25, 0.3) is 0 Å². The normalized spacial score (nSPS) is 11.2. The van der Waals surface area contributed by atoms with Crippen LogP contribution in [0.3, 0.4) is 0 Å². The van der Waals surface area contributed by atoms with E-state index in [0.717, 1.165) is 16.8 Å². The lowest BCUT2D eigenvalue weighted by atomic mass is 10.1. The van der Waals surface area contributed by atoms with E-state index in [2.05, 4.69) is 10.1 Å². The summed E-state index contributed by atoms with van der Waals surface area (Å²) >= 11 is 0. The van der Waals surface area contributed by atoms with Crippen molar-refractivity contribution in [1.82, 2.24) is 14.8 Å². The fraction of sp³-hybridized carbons (Fsp3) is 0.211. The number of nitrogens with zero attached hydrogens (tertiary/aromatic N) is 4. The zero-order valence-electron chi connectivity index (χ0n) is 16.4. The number of esters is 1. The highest BCUT2D eigenvalue weighted by atomic mass is 32.2. The lowest BCUT2D eigenvalue weighted by Gasteiger charge is -2.21. The number of anilines is 2. The number of methoxy groups -OCH3 is 1. The molecule has 0 bridgehead atoms. The number of carbonyl (C=O) groups excluding carboxylic acids is 1. The van der Waals surface area contributed by atoms with Crippen LogP contribution in [0.25, 0.3) is 0 Å². The first-order chi connectivity index (χ1) is 14.2. The molecule has 3 rings (SSSR count). The Kier molecular flexibility index (Phi) is 6.33. The number of carbonyl (C=O) groups is 1. The molecule has 0 saturated carbocycles. The average Bonchev–Trinajstić information content (AvgIpc) is 3.20. The number of rotatable bonds is 8. The average molecular weight is 431 g/mol. The summed E-state index contributed by atoms with van der Waals surface area (Å²) in [6.07, 6.45) is 3.04. The number of hydrogen-bond donors (Lipinski definition) is 2. The topological polar surface area (TPSA) is 127 Å². The highest BCUT2D eigenvalue weighted by Gasteiger charge is 2.13. The maximum atomic E-state index is 12.1. The van der Waals surface area contributed by atoms with E-state index in [-0.39, 0.29) is 5.69 Å². The molecule has 1 heterocycles. The van der Waals surface area contributed by atoms with Crippen LogP contribution in [0, 0.1) is 0 Å². The van der Waals surface area contributed by atoms with Crippen molar-refractivity contribution in [3.05, 3.63) is 71.8 Å². The minimum atomic E-state index is -4.31. The van der Waals surface area contributed by atoms with Gasteiger partial charge in [0.05, 0.1) is 24.9 Å². The minimum absolute atomic E-state index is 0.256. The van der Waals surface area contributed by atoms with Gasteiger partial charge in [-0.25, -0.2) is 14.5 Å². The molecule has 0 aliphatic carbocycles. The van der Waals surface area contributed by atoms with Gasteiger partial charge in [-0.05, 0) is 41.5 Å². The Morgan fingerprint density at radius 1 is 1.20 bits per heavy atom. The molecule has 2 N–H and O–H groups in total. The van der Waals surface area contributed by atoms with Crippen molar-refractivity contribution in [3.8, 4) is 0 Å². The fourth-order valence-corrected chi connectivity index (χ4v) is 3.35. The number of aromatic nitrogens is 3. The van der Waals surface area contributed by atoms with Gasteiger partial charge in [-0.3, -0.25) is 9.27 Å². The summed E-state index contributed by atoms with van der Waals surface area (Å²) in [5.41, 5.74) is 3.24. The number of ether oxygens (including phenoxy) is 1. The van der Waals surface area contributed by atoms with Crippen LogP contribution in [0.15, 0.2) is 55.1 Å². The van der Waals surface area contributed by atoms with Crippen LogP contribution in [0.2, 0.25) is 0 Å². The summed E-state index contributed by atoms with van der Waals surface area (Å²) in [5, 5.41) is 4.09. The summed E-state index contributed by atoms with van der Waals surface area (Å²) in [6, 6.07) is 12.0. The monoisotopic (exact) mass is 431 g/mol. The largest absolute Gasteiger partial charge is 0.465 e. The molecule has 158 valence electrons. The smallest absolute Gasteiger partial charge is 0.357 e. The summed E-state index contributed by atoms with van der Waals surface area (Å²) in [7, 11) is -1.11. The van der Waals surface area contributed by atoms with Crippen LogP contribution in [0.5, 0.6) is 0 Å². The quantitative estimate of drug-likeness (QED) is 0.409. The predicted molar refractivity (Wildman–Crippen MR) is 111 cm³/mol. The van der Waals surface area contributed by atoms with Crippen LogP contribution < -0.4 is 9.62 Å². The minimum Gasteiger partial charge on any atom is -0.465 e. The van der Waals surface area contributed by atoms with Gasteiger partial charge in [0.2, 0.25) is 0 Å². The first-order valence-corrected chi connectivity index (χ1v) is 10.3. The summed E-state index contributed by atoms with van der Waals surface area (Å²) in [4.78, 5) is 18.0. The molecule has 0 spiro atoms. The molecular weight excluding hydrogens is 410 g/mol. The zero-order chi connectivity index (χ0) is 21.7. The second-order valence-corrected chi connectivity index (χ2v) is 7.76. The van der Waals surface area contributed by atoms with Crippen molar-refractivity contribution in [2.45, 2.75) is 13.1 Å². The van der Waals surface area contributed by atoms with Crippen LogP contribution >= 0.6 is 0 Å². The second-order valence-electron chi connectivity index (χ2n) is 6.60. The van der Waals surface area contributed by atoms with E-state index in [4.69, 9.17) is 9.29 Å². The third-order valence-electron chi connectivity index (χ3n) is 4.27. The van der Waals surface area contributed by atoms with E-state index < -0.39 is 16.3 Å². The van der Waals surface area contributed by atoms with Crippen molar-refractivity contribution in [3.63, 3.8) is 0 Å². The van der Waals surface area contributed by atoms with Gasteiger partial charge >= 0.3 is 16.3 Å². The van der Waals surface area contributed by atoms with Crippen molar-refractivity contribution < 1.29 is 22.5 Å². The molecule has 0 aliphatic heterocycles. The lowest BCUT2D eigenvalue weighted by Crippen LogP contribution is -2.18. The third-order valence-corrected chi connectivity index (χ3v) is 4.76. The van der Waals surface area contributed by atoms with Gasteiger partial charge in [-0.15, -0.1) is 0 Å². The van der Waals surface area contributed by atoms with E-state index in [0.29, 0.717) is 18.7 Å². The molecule has 0 atom stereocenters. The van der Waals surface area contributed by atoms with E-state index >= 15 is 0 Å². The fourth-order valence-electron chi connectivity index (χ4n) is 2.92. The Hall–Kier alpha value is -3.44. The van der Waals surface area contributed by atoms with Crippen LogP contribution in [-0.2, 0) is 28.1 Å². The summed E-state index contributed by atoms with van der Waals surface area (Å²) < 4.78 is 39.2. The van der Waals surface area contributed by atoms with Gasteiger partial charge in [0, 0.05) is 19.3 Å². The third kappa shape index (κ3) is 5.78. The van der Waals surface area contributed by atoms with Gasteiger partial charge in [0.15, 0.2) is 0 Å². The molecule has 0 amide bonds. The predicted octanol–water partition coefficient (Wildman–Crippen LogP) is 1.96. The lowest BCUT2D eigenvalue weighted by molar-refractivity contribution is 0.0600. The standard InChI is InChI=1S/C19H21N5O5S/c1-23(10-14-3-5-17(6-4-14)22-30(26,27)28)18-8-15(11-24-13-20-12-21-24)7-16(9-18)19(25)29-2/h3-9,12-13,22H,10-11H2,1-2H3,(H,26,27,28). The molecule has 1 aromatic heterocycles. The van der Waals surface area contributed by atoms with Crippen LogP contribution in [-0.4, -0.2) is 47.9 Å². The Morgan fingerprint density at radius 3 is 2.53 bits per heavy atom. The molecule has 0 aliphatic rings. The van der Waals surface area contributed by atoms with Crippen molar-refractivity contribution in [1.29, 1.82) is 0 Å². The zero-order valence-corrected chi connectivity index (χ0v) is 17.2. The maximum absolute atomic E-state index is 12.1. The molecule has 2 aromatic carbocycles. The van der Waals surface area contributed by atoms with E-state index in [1.54, 1.807) is 47.4 Å². The molecule has 0 saturated heterocycles. The van der Waals surface area contributed by atoms with Gasteiger partial charge in [0.1, 0.15) is 12.7 Å². The highest BCUT2D eigenvalue weighted by Crippen LogP contribution is 2.22. The summed E-state index contributed by atoms with van der Waals surface area (Å²) in [6.45, 7) is 0.946. The van der Waals surface area contributed by atoms with Crippen molar-refractivity contribution in [2.75, 3.05) is 23.8 Å². The summed E-state index contributed by atoms with van der Waals surface area (Å²) in [5.74, 6) is -0.439. The van der Waals surface area contributed by atoms with Gasteiger partial charge in [-0.1, -0.05) is 12.1 Å². The molecule has 0 radical (unpaired) electrons. The van der Waals surface area contributed by atoms with Gasteiger partial charge in [-0.2, -0.15) is 13.5 Å². The molecule has 11 heteroatoms. The van der Waals surface area contributed by atoms with E-state index in [1.165, 1.54) is 13.4 Å². The molecule has 10 nitrogen and oxygen atoms in total. The second kappa shape index (κ2) is 8.93. The first kappa shape index (κ1) is 21.3. The Bertz CT molecular complexity index is 1110. The Balaban J connectivity index is 1.81. The molecule has 0 fully saturated rings. The molecule has 3 aromatic rings.